The summed E-state index contributed by atoms with van der Waals surface area (Å²) in [5.41, 5.74) is 0.908. The second-order valence-corrected chi connectivity index (χ2v) is 7.00. The second-order valence-electron chi connectivity index (χ2n) is 6.56. The molecule has 0 unspecified atom stereocenters. The molecule has 3 aromatic rings. The summed E-state index contributed by atoms with van der Waals surface area (Å²) >= 11 is 5.98. The SMILES string of the molecule is COc1cc2c(Nc3cc(Cl)ccc3F)ncnc2cc1OC1CCNCC1.Cl. The number of nitrogens with one attached hydrogen (secondary N) is 2. The largest absolute Gasteiger partial charge is 0.493 e. The molecule has 0 amide bonds. The van der Waals surface area contributed by atoms with Crippen molar-refractivity contribution >= 4 is 46.4 Å². The van der Waals surface area contributed by atoms with Crippen LogP contribution in [0.4, 0.5) is 15.9 Å². The number of hydrogen-bond acceptors (Lipinski definition) is 6. The lowest BCUT2D eigenvalue weighted by Crippen LogP contribution is -2.34. The normalized spacial score (nSPS) is 14.3. The summed E-state index contributed by atoms with van der Waals surface area (Å²) in [6.07, 6.45) is 3.43. The topological polar surface area (TPSA) is 68.3 Å². The van der Waals surface area contributed by atoms with Gasteiger partial charge in [0.05, 0.1) is 18.3 Å². The minimum atomic E-state index is -0.422. The van der Waals surface area contributed by atoms with Gasteiger partial charge in [-0.25, -0.2) is 14.4 Å². The highest BCUT2D eigenvalue weighted by Gasteiger charge is 2.18. The molecular formula is C20H21Cl2FN4O2. The Morgan fingerprint density at radius 2 is 1.93 bits per heavy atom. The van der Waals surface area contributed by atoms with Crippen LogP contribution in [-0.2, 0) is 0 Å². The zero-order chi connectivity index (χ0) is 19.5. The number of ether oxygens (including phenoxy) is 2. The highest BCUT2D eigenvalue weighted by molar-refractivity contribution is 6.30. The van der Waals surface area contributed by atoms with Crippen LogP contribution in [0.2, 0.25) is 5.02 Å². The molecule has 2 N–H and O–H groups in total. The Morgan fingerprint density at radius 3 is 2.69 bits per heavy atom. The Kier molecular flexibility index (Phi) is 6.95. The van der Waals surface area contributed by atoms with E-state index in [-0.39, 0.29) is 24.2 Å². The number of piperidine rings is 1. The van der Waals surface area contributed by atoms with E-state index in [1.165, 1.54) is 24.5 Å². The molecule has 9 heteroatoms. The zero-order valence-electron chi connectivity index (χ0n) is 15.7. The quantitative estimate of drug-likeness (QED) is 0.600. The van der Waals surface area contributed by atoms with Gasteiger partial charge in [0, 0.05) is 16.5 Å². The average molecular weight is 439 g/mol. The third kappa shape index (κ3) is 4.80. The summed E-state index contributed by atoms with van der Waals surface area (Å²) in [6.45, 7) is 1.87. The number of halogens is 3. The van der Waals surface area contributed by atoms with Gasteiger partial charge in [0.1, 0.15) is 24.1 Å². The van der Waals surface area contributed by atoms with Crippen molar-refractivity contribution in [1.82, 2.24) is 15.3 Å². The summed E-state index contributed by atoms with van der Waals surface area (Å²) in [4.78, 5) is 8.59. The Labute approximate surface area is 179 Å². The number of fused-ring (bicyclic) bond motifs is 1. The van der Waals surface area contributed by atoms with E-state index in [9.17, 15) is 4.39 Å². The van der Waals surface area contributed by atoms with E-state index in [0.29, 0.717) is 33.2 Å². The smallest absolute Gasteiger partial charge is 0.163 e. The maximum atomic E-state index is 14.1. The van der Waals surface area contributed by atoms with Crippen molar-refractivity contribution in [3.63, 3.8) is 0 Å². The Bertz CT molecular complexity index is 1000. The van der Waals surface area contributed by atoms with E-state index in [2.05, 4.69) is 20.6 Å². The van der Waals surface area contributed by atoms with Gasteiger partial charge in [0.15, 0.2) is 11.5 Å². The molecule has 1 fully saturated rings. The van der Waals surface area contributed by atoms with Crippen molar-refractivity contribution < 1.29 is 13.9 Å². The first-order chi connectivity index (χ1) is 13.6. The fourth-order valence-electron chi connectivity index (χ4n) is 3.23. The van der Waals surface area contributed by atoms with Gasteiger partial charge >= 0.3 is 0 Å². The van der Waals surface area contributed by atoms with Crippen LogP contribution < -0.4 is 20.1 Å². The predicted octanol–water partition coefficient (Wildman–Crippen LogP) is 4.73. The van der Waals surface area contributed by atoms with Crippen LogP contribution in [0.25, 0.3) is 10.9 Å². The summed E-state index contributed by atoms with van der Waals surface area (Å²) in [5, 5.41) is 7.43. The lowest BCUT2D eigenvalue weighted by Gasteiger charge is -2.25. The first-order valence-electron chi connectivity index (χ1n) is 9.06. The van der Waals surface area contributed by atoms with Crippen molar-refractivity contribution in [2.24, 2.45) is 0 Å². The number of methoxy groups -OCH3 is 1. The number of hydrogen-bond donors (Lipinski definition) is 2. The first-order valence-corrected chi connectivity index (χ1v) is 9.44. The Morgan fingerprint density at radius 1 is 1.14 bits per heavy atom. The van der Waals surface area contributed by atoms with E-state index in [4.69, 9.17) is 21.1 Å². The fourth-order valence-corrected chi connectivity index (χ4v) is 3.40. The fraction of sp³-hybridized carbons (Fsp3) is 0.300. The van der Waals surface area contributed by atoms with Crippen LogP contribution in [0.1, 0.15) is 12.8 Å². The van der Waals surface area contributed by atoms with E-state index in [1.54, 1.807) is 13.2 Å². The van der Waals surface area contributed by atoms with Gasteiger partial charge in [-0.15, -0.1) is 12.4 Å². The van der Waals surface area contributed by atoms with Crippen molar-refractivity contribution in [1.29, 1.82) is 0 Å². The summed E-state index contributed by atoms with van der Waals surface area (Å²) in [6, 6.07) is 7.94. The minimum absolute atomic E-state index is 0. The van der Waals surface area contributed by atoms with Crippen LogP contribution in [-0.4, -0.2) is 36.3 Å². The average Bonchev–Trinajstić information content (AvgIpc) is 2.71. The number of benzene rings is 2. The minimum Gasteiger partial charge on any atom is -0.493 e. The van der Waals surface area contributed by atoms with Crippen LogP contribution in [0, 0.1) is 5.82 Å². The molecule has 6 nitrogen and oxygen atoms in total. The van der Waals surface area contributed by atoms with Gasteiger partial charge in [-0.1, -0.05) is 11.6 Å². The number of nitrogens with zero attached hydrogens (tertiary/aromatic N) is 2. The molecule has 0 aliphatic carbocycles. The van der Waals surface area contributed by atoms with Crippen molar-refractivity contribution in [2.45, 2.75) is 18.9 Å². The molecule has 0 saturated carbocycles. The van der Waals surface area contributed by atoms with E-state index in [0.717, 1.165) is 25.9 Å². The van der Waals surface area contributed by atoms with Crippen molar-refractivity contribution in [3.8, 4) is 11.5 Å². The van der Waals surface area contributed by atoms with Crippen LogP contribution in [0.15, 0.2) is 36.7 Å². The molecule has 0 radical (unpaired) electrons. The zero-order valence-corrected chi connectivity index (χ0v) is 17.3. The molecular weight excluding hydrogens is 418 g/mol. The summed E-state index contributed by atoms with van der Waals surface area (Å²) < 4.78 is 25.8. The van der Waals surface area contributed by atoms with Gasteiger partial charge in [0.25, 0.3) is 0 Å². The molecule has 0 atom stereocenters. The lowest BCUT2D eigenvalue weighted by molar-refractivity contribution is 0.157. The van der Waals surface area contributed by atoms with E-state index < -0.39 is 5.82 Å². The molecule has 0 bridgehead atoms. The summed E-state index contributed by atoms with van der Waals surface area (Å²) in [7, 11) is 1.59. The maximum absolute atomic E-state index is 14.1. The highest BCUT2D eigenvalue weighted by atomic mass is 35.5. The van der Waals surface area contributed by atoms with E-state index >= 15 is 0 Å². The Balaban J connectivity index is 0.00000240. The lowest BCUT2D eigenvalue weighted by atomic mass is 10.1. The second kappa shape index (κ2) is 9.43. The molecule has 4 rings (SSSR count). The van der Waals surface area contributed by atoms with Crippen LogP contribution in [0.5, 0.6) is 11.5 Å². The van der Waals surface area contributed by atoms with E-state index in [1.807, 2.05) is 6.07 Å². The molecule has 2 aromatic carbocycles. The maximum Gasteiger partial charge on any atom is 0.163 e. The third-order valence-corrected chi connectivity index (χ3v) is 4.92. The van der Waals surface area contributed by atoms with Crippen LogP contribution >= 0.6 is 24.0 Å². The van der Waals surface area contributed by atoms with Crippen molar-refractivity contribution in [2.75, 3.05) is 25.5 Å². The molecule has 0 spiro atoms. The number of rotatable bonds is 5. The van der Waals surface area contributed by atoms with Gasteiger partial charge in [-0.05, 0) is 50.2 Å². The Hall–Kier alpha value is -2.35. The van der Waals surface area contributed by atoms with Crippen LogP contribution in [0.3, 0.4) is 0 Å². The molecule has 1 aliphatic rings. The summed E-state index contributed by atoms with van der Waals surface area (Å²) in [5.74, 6) is 1.25. The molecule has 1 aromatic heterocycles. The molecule has 1 aliphatic heterocycles. The number of anilines is 2. The number of aromatic nitrogens is 2. The van der Waals surface area contributed by atoms with Gasteiger partial charge in [0.2, 0.25) is 0 Å². The highest BCUT2D eigenvalue weighted by Crippen LogP contribution is 2.36. The van der Waals surface area contributed by atoms with Crippen molar-refractivity contribution in [3.05, 3.63) is 47.5 Å². The third-order valence-electron chi connectivity index (χ3n) is 4.68. The molecule has 2 heterocycles. The molecule has 29 heavy (non-hydrogen) atoms. The van der Waals surface area contributed by atoms with Gasteiger partial charge < -0.3 is 20.1 Å². The monoisotopic (exact) mass is 438 g/mol. The van der Waals surface area contributed by atoms with Gasteiger partial charge in [-0.3, -0.25) is 0 Å². The standard InChI is InChI=1S/C20H20ClFN4O2.ClH/c1-27-18-9-14-16(10-19(18)28-13-4-6-23-7-5-13)24-11-25-20(14)26-17-8-12(21)2-3-15(17)22;/h2-3,8-11,13,23H,4-7H2,1H3,(H,24,25,26);1H. The first kappa shape index (κ1) is 21.4. The van der Waals surface area contributed by atoms with Gasteiger partial charge in [-0.2, -0.15) is 0 Å². The molecule has 154 valence electrons. The molecule has 1 saturated heterocycles. The predicted molar refractivity (Wildman–Crippen MR) is 115 cm³/mol.